The molecule has 2 aliphatic rings. The quantitative estimate of drug-likeness (QED) is 0.538. The zero-order chi connectivity index (χ0) is 21.4. The number of halogens is 1. The second kappa shape index (κ2) is 8.42. The second-order valence-electron chi connectivity index (χ2n) is 8.65. The zero-order valence-corrected chi connectivity index (χ0v) is 18.6. The van der Waals surface area contributed by atoms with Crippen molar-refractivity contribution in [1.29, 1.82) is 0 Å². The van der Waals surface area contributed by atoms with E-state index >= 15 is 0 Å². The van der Waals surface area contributed by atoms with Crippen LogP contribution in [0.4, 0.5) is 5.82 Å². The van der Waals surface area contributed by atoms with Gasteiger partial charge >= 0.3 is 0 Å². The van der Waals surface area contributed by atoms with Gasteiger partial charge < -0.3 is 9.64 Å². The van der Waals surface area contributed by atoms with Crippen LogP contribution in [0.5, 0.6) is 0 Å². The van der Waals surface area contributed by atoms with Crippen molar-refractivity contribution in [2.45, 2.75) is 32.7 Å². The highest BCUT2D eigenvalue weighted by atomic mass is 35.5. The Bertz CT molecular complexity index is 1120. The molecule has 6 nitrogen and oxygen atoms in total. The average molecular weight is 436 g/mol. The maximum Gasteiger partial charge on any atom is 0.187 e. The normalized spacial score (nSPS) is 19.7. The predicted molar refractivity (Wildman–Crippen MR) is 125 cm³/mol. The zero-order valence-electron chi connectivity index (χ0n) is 17.8. The number of ether oxygens (including phenoxy) is 1. The Balaban J connectivity index is 1.42. The molecule has 0 bridgehead atoms. The lowest BCUT2D eigenvalue weighted by atomic mass is 9.96. The summed E-state index contributed by atoms with van der Waals surface area (Å²) in [6.45, 7) is 6.98. The molecule has 3 aromatic rings. The molecule has 1 saturated heterocycles. The topological polar surface area (TPSA) is 63.5 Å². The predicted octanol–water partition coefficient (Wildman–Crippen LogP) is 5.01. The fourth-order valence-electron chi connectivity index (χ4n) is 4.34. The van der Waals surface area contributed by atoms with E-state index in [-0.39, 0.29) is 0 Å². The van der Waals surface area contributed by atoms with Crippen molar-refractivity contribution < 1.29 is 4.74 Å². The molecule has 2 aliphatic heterocycles. The molecule has 0 amide bonds. The standard InChI is InChI=1S/C24H26ClN5O/c1-15(2)21-14-31-24(29-21)16-5-9-30(10-6-16)23-19-4-7-26-13-18(19)11-20(28-23)17-3-8-27-22(25)12-17/h3-4,7-8,11-13,15-16,21H,5-6,9-10,14H2,1-2H3. The van der Waals surface area contributed by atoms with E-state index in [9.17, 15) is 0 Å². The number of rotatable bonds is 4. The second-order valence-corrected chi connectivity index (χ2v) is 9.03. The Kier molecular flexibility index (Phi) is 5.48. The van der Waals surface area contributed by atoms with Gasteiger partial charge in [-0.25, -0.2) is 15.0 Å². The minimum atomic E-state index is 0.301. The number of aromatic nitrogens is 3. The van der Waals surface area contributed by atoms with Gasteiger partial charge in [0.15, 0.2) is 5.90 Å². The van der Waals surface area contributed by atoms with Crippen LogP contribution in [-0.4, -0.2) is 46.6 Å². The van der Waals surface area contributed by atoms with Gasteiger partial charge in [0, 0.05) is 53.9 Å². The Morgan fingerprint density at radius 3 is 2.71 bits per heavy atom. The molecule has 0 radical (unpaired) electrons. The molecule has 5 heterocycles. The lowest BCUT2D eigenvalue weighted by molar-refractivity contribution is 0.270. The summed E-state index contributed by atoms with van der Waals surface area (Å²) in [6, 6.07) is 8.20. The van der Waals surface area contributed by atoms with Gasteiger partial charge in [0.25, 0.3) is 0 Å². The summed E-state index contributed by atoms with van der Waals surface area (Å²) in [5.41, 5.74) is 1.83. The molecule has 31 heavy (non-hydrogen) atoms. The molecule has 5 rings (SSSR count). The van der Waals surface area contributed by atoms with Crippen LogP contribution >= 0.6 is 11.6 Å². The third kappa shape index (κ3) is 4.09. The highest BCUT2D eigenvalue weighted by Crippen LogP contribution is 2.33. The highest BCUT2D eigenvalue weighted by Gasteiger charge is 2.31. The van der Waals surface area contributed by atoms with Gasteiger partial charge in [-0.05, 0) is 43.0 Å². The number of aliphatic imine (C=N–C) groups is 1. The van der Waals surface area contributed by atoms with Crippen molar-refractivity contribution in [1.82, 2.24) is 15.0 Å². The van der Waals surface area contributed by atoms with E-state index in [1.807, 2.05) is 30.6 Å². The minimum absolute atomic E-state index is 0.301. The van der Waals surface area contributed by atoms with Crippen LogP contribution in [-0.2, 0) is 4.74 Å². The summed E-state index contributed by atoms with van der Waals surface area (Å²) >= 11 is 6.12. The number of nitrogens with zero attached hydrogens (tertiary/aromatic N) is 5. The minimum Gasteiger partial charge on any atom is -0.478 e. The van der Waals surface area contributed by atoms with Gasteiger partial charge in [0.1, 0.15) is 17.6 Å². The molecule has 0 N–H and O–H groups in total. The number of fused-ring (bicyclic) bond motifs is 1. The van der Waals surface area contributed by atoms with Gasteiger partial charge in [-0.1, -0.05) is 25.4 Å². The molecule has 0 spiro atoms. The number of hydrogen-bond acceptors (Lipinski definition) is 6. The van der Waals surface area contributed by atoms with E-state index in [0.717, 1.165) is 66.3 Å². The van der Waals surface area contributed by atoms with Crippen LogP contribution in [0, 0.1) is 11.8 Å². The smallest absolute Gasteiger partial charge is 0.187 e. The summed E-state index contributed by atoms with van der Waals surface area (Å²) in [7, 11) is 0. The number of hydrogen-bond donors (Lipinski definition) is 0. The molecular weight excluding hydrogens is 410 g/mol. The average Bonchev–Trinajstić information content (AvgIpc) is 3.29. The van der Waals surface area contributed by atoms with E-state index in [1.165, 1.54) is 0 Å². The van der Waals surface area contributed by atoms with Crippen molar-refractivity contribution in [3.05, 3.63) is 48.0 Å². The first kappa shape index (κ1) is 20.2. The van der Waals surface area contributed by atoms with Gasteiger partial charge in [-0.15, -0.1) is 0 Å². The lowest BCUT2D eigenvalue weighted by Crippen LogP contribution is -2.37. The van der Waals surface area contributed by atoms with Crippen LogP contribution in [0.25, 0.3) is 22.0 Å². The van der Waals surface area contributed by atoms with Crippen molar-refractivity contribution in [3.63, 3.8) is 0 Å². The molecular formula is C24H26ClN5O. The van der Waals surface area contributed by atoms with Gasteiger partial charge in [0.2, 0.25) is 0 Å². The van der Waals surface area contributed by atoms with Crippen LogP contribution in [0.3, 0.4) is 0 Å². The summed E-state index contributed by atoms with van der Waals surface area (Å²) in [6.07, 6.45) is 7.47. The number of piperidine rings is 1. The first-order valence-electron chi connectivity index (χ1n) is 10.9. The SMILES string of the molecule is CC(C)C1COC(C2CCN(c3nc(-c4ccnc(Cl)c4)cc4cnccc34)CC2)=N1. The molecule has 3 aromatic heterocycles. The van der Waals surface area contributed by atoms with Crippen LogP contribution in [0.15, 0.2) is 47.8 Å². The summed E-state index contributed by atoms with van der Waals surface area (Å²) in [4.78, 5) is 20.7. The monoisotopic (exact) mass is 435 g/mol. The first-order valence-corrected chi connectivity index (χ1v) is 11.3. The Morgan fingerprint density at radius 2 is 1.97 bits per heavy atom. The third-order valence-electron chi connectivity index (χ3n) is 6.24. The largest absolute Gasteiger partial charge is 0.478 e. The van der Waals surface area contributed by atoms with Crippen LogP contribution in [0.2, 0.25) is 5.15 Å². The first-order chi connectivity index (χ1) is 15.1. The molecule has 7 heteroatoms. The lowest BCUT2D eigenvalue weighted by Gasteiger charge is -2.33. The molecule has 0 aliphatic carbocycles. The Hall–Kier alpha value is -2.73. The van der Waals surface area contributed by atoms with Gasteiger partial charge in [-0.2, -0.15) is 0 Å². The third-order valence-corrected chi connectivity index (χ3v) is 6.45. The molecule has 0 saturated carbocycles. The molecule has 1 fully saturated rings. The highest BCUT2D eigenvalue weighted by molar-refractivity contribution is 6.29. The maximum absolute atomic E-state index is 6.12. The van der Waals surface area contributed by atoms with E-state index in [0.29, 0.717) is 23.0 Å². The van der Waals surface area contributed by atoms with Crippen molar-refractivity contribution >= 4 is 34.1 Å². The van der Waals surface area contributed by atoms with Crippen molar-refractivity contribution in [2.24, 2.45) is 16.8 Å². The fraction of sp³-hybridized carbons (Fsp3) is 0.417. The van der Waals surface area contributed by atoms with E-state index in [4.69, 9.17) is 26.3 Å². The van der Waals surface area contributed by atoms with Gasteiger partial charge in [-0.3, -0.25) is 4.98 Å². The maximum atomic E-state index is 6.12. The Labute approximate surface area is 187 Å². The number of pyridine rings is 3. The van der Waals surface area contributed by atoms with E-state index in [2.05, 4.69) is 34.8 Å². The fourth-order valence-corrected chi connectivity index (χ4v) is 4.52. The molecule has 0 aromatic carbocycles. The summed E-state index contributed by atoms with van der Waals surface area (Å²) < 4.78 is 5.95. The van der Waals surface area contributed by atoms with Crippen molar-refractivity contribution in [2.75, 3.05) is 24.6 Å². The summed E-state index contributed by atoms with van der Waals surface area (Å²) in [5, 5.41) is 2.65. The summed E-state index contributed by atoms with van der Waals surface area (Å²) in [5.74, 6) is 2.87. The van der Waals surface area contributed by atoms with Crippen LogP contribution < -0.4 is 4.90 Å². The molecule has 160 valence electrons. The molecule has 1 atom stereocenters. The number of anilines is 1. The Morgan fingerprint density at radius 1 is 1.13 bits per heavy atom. The van der Waals surface area contributed by atoms with E-state index < -0.39 is 0 Å². The van der Waals surface area contributed by atoms with Crippen LogP contribution in [0.1, 0.15) is 26.7 Å². The van der Waals surface area contributed by atoms with Gasteiger partial charge in [0.05, 0.1) is 11.7 Å². The van der Waals surface area contributed by atoms with Crippen molar-refractivity contribution in [3.8, 4) is 11.3 Å². The molecule has 1 unspecified atom stereocenters. The van der Waals surface area contributed by atoms with E-state index in [1.54, 1.807) is 6.20 Å².